The lowest BCUT2D eigenvalue weighted by molar-refractivity contribution is -0.147. The molecule has 8 nitrogen and oxygen atoms in total. The second kappa shape index (κ2) is 8.47. The fourth-order valence-corrected chi connectivity index (χ4v) is 8.24. The van der Waals surface area contributed by atoms with E-state index in [0.717, 1.165) is 10.6 Å². The number of hydrogen-bond acceptors (Lipinski definition) is 8. The number of allylic oxidation sites excluding steroid dienone is 1. The SMILES string of the molecule is COC(=O)[C@@H]1CN(C)[C@@]2(C(=O)Nc3ccccc32)C12SC(N1CCOCC1)=C(c1ccccc1)C2=O. The van der Waals surface area contributed by atoms with Crippen molar-refractivity contribution in [2.45, 2.75) is 10.3 Å². The van der Waals surface area contributed by atoms with E-state index in [2.05, 4.69) is 10.2 Å². The lowest BCUT2D eigenvalue weighted by Crippen LogP contribution is -2.62. The van der Waals surface area contributed by atoms with E-state index in [4.69, 9.17) is 9.47 Å². The van der Waals surface area contributed by atoms with Gasteiger partial charge in [0.25, 0.3) is 5.91 Å². The van der Waals surface area contributed by atoms with E-state index in [0.29, 0.717) is 43.1 Å². The van der Waals surface area contributed by atoms with Crippen LogP contribution in [0.5, 0.6) is 0 Å². The van der Waals surface area contributed by atoms with Crippen molar-refractivity contribution in [3.05, 3.63) is 70.8 Å². The van der Waals surface area contributed by atoms with Crippen molar-refractivity contribution in [3.63, 3.8) is 0 Å². The molecule has 3 atom stereocenters. The zero-order valence-electron chi connectivity index (χ0n) is 20.2. The third kappa shape index (κ3) is 2.87. The molecule has 0 bridgehead atoms. The van der Waals surface area contributed by atoms with E-state index in [1.54, 1.807) is 0 Å². The molecule has 2 saturated heterocycles. The summed E-state index contributed by atoms with van der Waals surface area (Å²) in [5, 5.41) is 3.80. The number of morpholine rings is 1. The molecular weight excluding hydrogens is 478 g/mol. The highest BCUT2D eigenvalue weighted by molar-refractivity contribution is 8.06. The number of anilines is 1. The van der Waals surface area contributed by atoms with Crippen molar-refractivity contribution in [2.24, 2.45) is 5.92 Å². The number of fused-ring (bicyclic) bond motifs is 3. The minimum absolute atomic E-state index is 0.214. The predicted octanol–water partition coefficient (Wildman–Crippen LogP) is 2.32. The number of ether oxygens (including phenoxy) is 2. The maximum atomic E-state index is 14.9. The number of esters is 1. The molecule has 2 spiro atoms. The first-order valence-electron chi connectivity index (χ1n) is 12.0. The molecule has 36 heavy (non-hydrogen) atoms. The van der Waals surface area contributed by atoms with Gasteiger partial charge in [-0.3, -0.25) is 19.3 Å². The number of carbonyl (C=O) groups excluding carboxylic acids is 3. The van der Waals surface area contributed by atoms with E-state index in [1.807, 2.05) is 66.5 Å². The highest BCUT2D eigenvalue weighted by Crippen LogP contribution is 2.66. The van der Waals surface area contributed by atoms with Gasteiger partial charge in [0.05, 0.1) is 36.8 Å². The number of amides is 1. The minimum atomic E-state index is -1.44. The number of benzene rings is 2. The molecule has 0 aromatic heterocycles. The van der Waals surface area contributed by atoms with Gasteiger partial charge in [0, 0.05) is 30.9 Å². The Balaban J connectivity index is 1.62. The van der Waals surface area contributed by atoms with Crippen LogP contribution in [0.4, 0.5) is 5.69 Å². The van der Waals surface area contributed by atoms with Crippen LogP contribution in [0.25, 0.3) is 5.57 Å². The number of thioether (sulfide) groups is 1. The van der Waals surface area contributed by atoms with Crippen LogP contribution < -0.4 is 5.32 Å². The maximum absolute atomic E-state index is 14.9. The summed E-state index contributed by atoms with van der Waals surface area (Å²) in [4.78, 5) is 46.3. The van der Waals surface area contributed by atoms with Crippen LogP contribution in [0, 0.1) is 5.92 Å². The first kappa shape index (κ1) is 23.3. The summed E-state index contributed by atoms with van der Waals surface area (Å²) < 4.78 is 9.40. The Labute approximate surface area is 213 Å². The highest BCUT2D eigenvalue weighted by Gasteiger charge is 2.78. The quantitative estimate of drug-likeness (QED) is 0.636. The maximum Gasteiger partial charge on any atom is 0.311 e. The van der Waals surface area contributed by atoms with Gasteiger partial charge in [0.2, 0.25) is 0 Å². The molecule has 2 fully saturated rings. The van der Waals surface area contributed by atoms with Crippen LogP contribution in [0.2, 0.25) is 0 Å². The lowest BCUT2D eigenvalue weighted by atomic mass is 9.70. The van der Waals surface area contributed by atoms with Gasteiger partial charge in [0.15, 0.2) is 11.3 Å². The number of carbonyl (C=O) groups is 3. The van der Waals surface area contributed by atoms with Gasteiger partial charge in [-0.25, -0.2) is 0 Å². The lowest BCUT2D eigenvalue weighted by Gasteiger charge is -2.42. The fraction of sp³-hybridized carbons (Fsp3) is 0.370. The van der Waals surface area contributed by atoms with E-state index in [-0.39, 0.29) is 18.2 Å². The van der Waals surface area contributed by atoms with E-state index < -0.39 is 22.2 Å². The first-order valence-corrected chi connectivity index (χ1v) is 12.8. The summed E-state index contributed by atoms with van der Waals surface area (Å²) >= 11 is 1.35. The molecule has 0 radical (unpaired) electrons. The third-order valence-electron chi connectivity index (χ3n) is 7.83. The van der Waals surface area contributed by atoms with Crippen molar-refractivity contribution in [2.75, 3.05) is 52.3 Å². The number of methoxy groups -OCH3 is 1. The topological polar surface area (TPSA) is 88.2 Å². The molecule has 1 amide bonds. The fourth-order valence-electron chi connectivity index (χ4n) is 6.30. The van der Waals surface area contributed by atoms with E-state index in [9.17, 15) is 14.4 Å². The number of hydrogen-bond donors (Lipinski definition) is 1. The van der Waals surface area contributed by atoms with Crippen molar-refractivity contribution >= 4 is 40.7 Å². The first-order chi connectivity index (χ1) is 17.5. The number of rotatable bonds is 3. The van der Waals surface area contributed by atoms with Gasteiger partial charge < -0.3 is 19.7 Å². The Hall–Kier alpha value is -3.14. The molecule has 2 aromatic carbocycles. The Morgan fingerprint density at radius 2 is 1.78 bits per heavy atom. The normalized spacial score (nSPS) is 29.8. The number of nitrogens with zero attached hydrogens (tertiary/aromatic N) is 2. The second-order valence-corrected chi connectivity index (χ2v) is 10.7. The Bertz CT molecular complexity index is 1290. The second-order valence-electron chi connectivity index (χ2n) is 9.48. The molecule has 4 heterocycles. The Morgan fingerprint density at radius 3 is 2.50 bits per heavy atom. The standard InChI is InChI=1S/C27H27N3O5S/c1-29-16-19(24(32)34-2)27(26(29)18-10-6-7-11-20(18)28-25(26)33)22(31)21(17-8-4-3-5-9-17)23(36-27)30-12-14-35-15-13-30/h3-11,19H,12-16H2,1-2H3,(H,28,33)/t19-,26-,27?/m0/s1. The Morgan fingerprint density at radius 1 is 1.08 bits per heavy atom. The number of likely N-dealkylation sites (N-methyl/N-ethyl adjacent to an activating group) is 1. The smallest absolute Gasteiger partial charge is 0.311 e. The van der Waals surface area contributed by atoms with Gasteiger partial charge >= 0.3 is 5.97 Å². The molecule has 0 saturated carbocycles. The van der Waals surface area contributed by atoms with Crippen molar-refractivity contribution < 1.29 is 23.9 Å². The largest absolute Gasteiger partial charge is 0.469 e. The summed E-state index contributed by atoms with van der Waals surface area (Å²) in [7, 11) is 3.15. The van der Waals surface area contributed by atoms with Gasteiger partial charge in [0.1, 0.15) is 4.75 Å². The summed E-state index contributed by atoms with van der Waals surface area (Å²) in [5.41, 5.74) is 1.31. The summed E-state index contributed by atoms with van der Waals surface area (Å²) in [6.07, 6.45) is 0. The van der Waals surface area contributed by atoms with Crippen LogP contribution in [0.3, 0.4) is 0 Å². The molecule has 186 valence electrons. The van der Waals surface area contributed by atoms with Gasteiger partial charge in [-0.1, -0.05) is 60.3 Å². The molecule has 4 aliphatic rings. The monoisotopic (exact) mass is 505 g/mol. The molecule has 9 heteroatoms. The molecule has 1 unspecified atom stereocenters. The van der Waals surface area contributed by atoms with Gasteiger partial charge in [-0.2, -0.15) is 0 Å². The zero-order chi connectivity index (χ0) is 25.1. The molecule has 1 N–H and O–H groups in total. The third-order valence-corrected chi connectivity index (χ3v) is 9.58. The van der Waals surface area contributed by atoms with Crippen molar-refractivity contribution in [1.82, 2.24) is 9.80 Å². The van der Waals surface area contributed by atoms with Crippen LogP contribution in [-0.4, -0.2) is 79.2 Å². The molecule has 6 rings (SSSR count). The van der Waals surface area contributed by atoms with E-state index >= 15 is 0 Å². The summed E-state index contributed by atoms with van der Waals surface area (Å²) in [6.45, 7) is 2.54. The van der Waals surface area contributed by atoms with Crippen LogP contribution in [0.1, 0.15) is 11.1 Å². The average Bonchev–Trinajstić information content (AvgIpc) is 3.49. The number of ketones is 1. The van der Waals surface area contributed by atoms with Crippen molar-refractivity contribution in [3.8, 4) is 0 Å². The number of Topliss-reactive ketones (excluding diaryl/α,β-unsaturated/α-hetero) is 1. The summed E-state index contributed by atoms with van der Waals surface area (Å²) in [5.74, 6) is -1.85. The van der Waals surface area contributed by atoms with Crippen LogP contribution >= 0.6 is 11.8 Å². The Kier molecular flexibility index (Phi) is 5.47. The van der Waals surface area contributed by atoms with E-state index in [1.165, 1.54) is 18.9 Å². The number of nitrogens with one attached hydrogen (secondary N) is 1. The number of likely N-dealkylation sites (tertiary alicyclic amines) is 1. The highest BCUT2D eigenvalue weighted by atomic mass is 32.2. The average molecular weight is 506 g/mol. The molecule has 4 aliphatic heterocycles. The molecule has 2 aromatic rings. The van der Waals surface area contributed by atoms with Gasteiger partial charge in [-0.05, 0) is 18.7 Å². The van der Waals surface area contributed by atoms with Crippen molar-refractivity contribution in [1.29, 1.82) is 0 Å². The van der Waals surface area contributed by atoms with Crippen LogP contribution in [0.15, 0.2) is 59.6 Å². The van der Waals surface area contributed by atoms with Crippen LogP contribution in [-0.2, 0) is 29.4 Å². The number of para-hydroxylation sites is 1. The zero-order valence-corrected chi connectivity index (χ0v) is 21.0. The summed E-state index contributed by atoms with van der Waals surface area (Å²) in [6, 6.07) is 17.0. The molecule has 0 aliphatic carbocycles. The van der Waals surface area contributed by atoms with Gasteiger partial charge in [-0.15, -0.1) is 0 Å². The molecular formula is C27H27N3O5S. The predicted molar refractivity (Wildman–Crippen MR) is 136 cm³/mol. The minimum Gasteiger partial charge on any atom is -0.469 e.